The minimum atomic E-state index is -5.02. The Labute approximate surface area is 331 Å². The highest BCUT2D eigenvalue weighted by atomic mass is 31.2. The van der Waals surface area contributed by atoms with Crippen LogP contribution in [-0.2, 0) is 27.9 Å². The van der Waals surface area contributed by atoms with Gasteiger partial charge in [0.2, 0.25) is 0 Å². The maximum Gasteiger partial charge on any atom is 0.472 e. The lowest BCUT2D eigenvalue weighted by atomic mass is 9.85. The van der Waals surface area contributed by atoms with Crippen molar-refractivity contribution in [2.24, 2.45) is 0 Å². The van der Waals surface area contributed by atoms with E-state index >= 15 is 0 Å². The van der Waals surface area contributed by atoms with Crippen molar-refractivity contribution in [3.8, 4) is 0 Å². The molecule has 1 aliphatic carbocycles. The number of unbranched alkanes of at least 4 members (excludes halogenated alkanes) is 14. The van der Waals surface area contributed by atoms with Gasteiger partial charge in [0.1, 0.15) is 42.7 Å². The van der Waals surface area contributed by atoms with Crippen LogP contribution in [0.3, 0.4) is 0 Å². The third kappa shape index (κ3) is 26.0. The highest BCUT2D eigenvalue weighted by Crippen LogP contribution is 2.47. The summed E-state index contributed by atoms with van der Waals surface area (Å²) in [5.74, 6) is -0.499. The van der Waals surface area contributed by atoms with E-state index in [1.165, 1.54) is 38.5 Å². The summed E-state index contributed by atoms with van der Waals surface area (Å²) in [7, 11) is -5.02. The molecule has 0 aromatic rings. The van der Waals surface area contributed by atoms with Gasteiger partial charge in [-0.3, -0.25) is 13.8 Å². The molecule has 6 atom stereocenters. The maximum atomic E-state index is 12.8. The number of phosphoric acid groups is 1. The normalized spacial score (nSPS) is 23.7. The number of hydrogen-bond acceptors (Lipinski definition) is 11. The Morgan fingerprint density at radius 2 is 1.07 bits per heavy atom. The fourth-order valence-corrected chi connectivity index (χ4v) is 7.04. The van der Waals surface area contributed by atoms with E-state index in [4.69, 9.17) is 18.5 Å². The molecule has 6 N–H and O–H groups in total. The van der Waals surface area contributed by atoms with Crippen LogP contribution in [0.5, 0.6) is 0 Å². The van der Waals surface area contributed by atoms with Gasteiger partial charge < -0.3 is 39.9 Å². The average Bonchev–Trinajstić information content (AvgIpc) is 3.17. The second-order valence-electron chi connectivity index (χ2n) is 14.5. The molecule has 1 saturated carbocycles. The largest absolute Gasteiger partial charge is 0.472 e. The molecule has 1 aliphatic rings. The van der Waals surface area contributed by atoms with Gasteiger partial charge in [0.05, 0.1) is 13.2 Å². The Kier molecular flexibility index (Phi) is 31.1. The second kappa shape index (κ2) is 33.3. The fourth-order valence-electron chi connectivity index (χ4n) is 6.07. The third-order valence-electron chi connectivity index (χ3n) is 9.44. The molecule has 55 heavy (non-hydrogen) atoms. The Balaban J connectivity index is 2.46. The van der Waals surface area contributed by atoms with Crippen LogP contribution in [0.25, 0.3) is 0 Å². The molecule has 0 radical (unpaired) electrons. The first-order valence-corrected chi connectivity index (χ1v) is 22.5. The molecule has 0 amide bonds. The van der Waals surface area contributed by atoms with Gasteiger partial charge in [0.25, 0.3) is 0 Å². The van der Waals surface area contributed by atoms with E-state index in [0.717, 1.165) is 83.5 Å². The van der Waals surface area contributed by atoms with Crippen molar-refractivity contribution in [3.05, 3.63) is 48.6 Å². The van der Waals surface area contributed by atoms with Crippen LogP contribution in [0.15, 0.2) is 48.6 Å². The van der Waals surface area contributed by atoms with Gasteiger partial charge in [0, 0.05) is 13.0 Å². The molecule has 0 aliphatic heterocycles. The molecule has 6 unspecified atom stereocenters. The number of phosphoric ester groups is 1. The van der Waals surface area contributed by atoms with Gasteiger partial charge in [-0.25, -0.2) is 4.57 Å². The zero-order valence-corrected chi connectivity index (χ0v) is 34.6. The van der Waals surface area contributed by atoms with Gasteiger partial charge in [0.15, 0.2) is 0 Å². The molecule has 1 fully saturated rings. The molecule has 0 heterocycles. The smallest absolute Gasteiger partial charge is 0.457 e. The summed E-state index contributed by atoms with van der Waals surface area (Å²) in [4.78, 5) is 23.1. The maximum absolute atomic E-state index is 12.8. The first-order chi connectivity index (χ1) is 26.5. The molecular formula is C42H75O12P. The summed E-state index contributed by atoms with van der Waals surface area (Å²) >= 11 is 0. The van der Waals surface area contributed by atoms with Gasteiger partial charge in [-0.1, -0.05) is 120 Å². The molecule has 0 saturated heterocycles. The Morgan fingerprint density at radius 3 is 1.65 bits per heavy atom. The van der Waals surface area contributed by atoms with Crippen molar-refractivity contribution in [1.29, 1.82) is 0 Å². The lowest BCUT2D eigenvalue weighted by Crippen LogP contribution is -2.64. The van der Waals surface area contributed by atoms with Crippen molar-refractivity contribution in [2.75, 3.05) is 19.8 Å². The number of allylic oxidation sites excluding steroid dienone is 8. The van der Waals surface area contributed by atoms with Gasteiger partial charge in [-0.2, -0.15) is 0 Å². The van der Waals surface area contributed by atoms with Crippen LogP contribution in [0, 0.1) is 0 Å². The SMILES string of the molecule is CC/C=C\C/C=C\C/C=C\CCCCCCCC(=O)OC(COCCCCCCCC/C=C\CCCCC)COP(=O)(O)OC1C(O)C(O)C(O)C(O)C1O. The van der Waals surface area contributed by atoms with Crippen LogP contribution < -0.4 is 0 Å². The number of hydrogen-bond donors (Lipinski definition) is 6. The van der Waals surface area contributed by atoms with Crippen LogP contribution >= 0.6 is 7.82 Å². The van der Waals surface area contributed by atoms with Gasteiger partial charge >= 0.3 is 13.8 Å². The Bertz CT molecular complexity index is 1100. The quantitative estimate of drug-likeness (QED) is 0.0161. The lowest BCUT2D eigenvalue weighted by molar-refractivity contribution is -0.220. The second-order valence-corrected chi connectivity index (χ2v) is 15.9. The summed E-state index contributed by atoms with van der Waals surface area (Å²) in [6.45, 7) is 4.07. The standard InChI is InChI=1S/C42H75O12P/c1-3-5-7-9-11-13-15-17-18-19-21-23-25-27-29-31-36(43)53-35(33-51-32-30-28-26-24-22-20-16-14-12-10-8-6-4-2)34-52-55(49,50)54-42-40(47)38(45)37(44)39(46)41(42)48/h5,7,11-14,17-18,35,37-42,44-48H,3-4,6,8-10,15-16,19-34H2,1-2H3,(H,49,50)/b7-5-,13-11-,14-12-,18-17-. The first-order valence-electron chi connectivity index (χ1n) is 21.0. The van der Waals surface area contributed by atoms with E-state index in [0.29, 0.717) is 13.0 Å². The molecule has 0 aromatic carbocycles. The molecule has 1 rings (SSSR count). The zero-order chi connectivity index (χ0) is 40.6. The molecule has 13 heteroatoms. The van der Waals surface area contributed by atoms with Gasteiger partial charge in [-0.15, -0.1) is 0 Å². The van der Waals surface area contributed by atoms with E-state index < -0.39 is 63.1 Å². The van der Waals surface area contributed by atoms with E-state index in [-0.39, 0.29) is 13.0 Å². The Morgan fingerprint density at radius 1 is 0.600 bits per heavy atom. The average molecular weight is 803 g/mol. The van der Waals surface area contributed by atoms with Crippen molar-refractivity contribution < 1.29 is 58.3 Å². The number of aliphatic hydroxyl groups excluding tert-OH is 5. The highest BCUT2D eigenvalue weighted by Gasteiger charge is 2.51. The van der Waals surface area contributed by atoms with Crippen LogP contribution in [0.4, 0.5) is 0 Å². The number of carbonyl (C=O) groups is 1. The number of ether oxygens (including phenoxy) is 2. The summed E-state index contributed by atoms with van der Waals surface area (Å²) in [5.41, 5.74) is 0. The molecule has 0 spiro atoms. The van der Waals surface area contributed by atoms with Crippen molar-refractivity contribution >= 4 is 13.8 Å². The summed E-state index contributed by atoms with van der Waals surface area (Å²) in [6.07, 6.45) is 26.1. The molecule has 0 bridgehead atoms. The van der Waals surface area contributed by atoms with Crippen LogP contribution in [-0.4, -0.2) is 98.9 Å². The van der Waals surface area contributed by atoms with Crippen molar-refractivity contribution in [3.63, 3.8) is 0 Å². The number of rotatable bonds is 34. The molecule has 320 valence electrons. The number of aliphatic hydroxyl groups is 5. The van der Waals surface area contributed by atoms with Crippen molar-refractivity contribution in [2.45, 2.75) is 191 Å². The minimum Gasteiger partial charge on any atom is -0.457 e. The Hall–Kier alpha value is -1.70. The van der Waals surface area contributed by atoms with Gasteiger partial charge in [-0.05, 0) is 70.6 Å². The predicted molar refractivity (Wildman–Crippen MR) is 216 cm³/mol. The third-order valence-corrected chi connectivity index (χ3v) is 10.4. The number of carbonyl (C=O) groups excluding carboxylic acids is 1. The summed E-state index contributed by atoms with van der Waals surface area (Å²) in [6, 6.07) is 0. The van der Waals surface area contributed by atoms with E-state index in [9.17, 15) is 39.8 Å². The monoisotopic (exact) mass is 802 g/mol. The number of esters is 1. The van der Waals surface area contributed by atoms with E-state index in [1.807, 2.05) is 0 Å². The summed E-state index contributed by atoms with van der Waals surface area (Å²) in [5, 5.41) is 50.0. The molecular weight excluding hydrogens is 727 g/mol. The molecule has 12 nitrogen and oxygen atoms in total. The van der Waals surface area contributed by atoms with Crippen LogP contribution in [0.1, 0.15) is 149 Å². The molecule has 0 aromatic heterocycles. The minimum absolute atomic E-state index is 0.0894. The lowest BCUT2D eigenvalue weighted by Gasteiger charge is -2.41. The first kappa shape index (κ1) is 51.3. The van der Waals surface area contributed by atoms with Crippen molar-refractivity contribution in [1.82, 2.24) is 0 Å². The van der Waals surface area contributed by atoms with E-state index in [1.54, 1.807) is 0 Å². The summed E-state index contributed by atoms with van der Waals surface area (Å²) < 4.78 is 34.0. The topological polar surface area (TPSA) is 192 Å². The van der Waals surface area contributed by atoms with Crippen LogP contribution in [0.2, 0.25) is 0 Å². The zero-order valence-electron chi connectivity index (χ0n) is 33.7. The predicted octanol–water partition coefficient (Wildman–Crippen LogP) is 7.69. The van der Waals surface area contributed by atoms with E-state index in [2.05, 4.69) is 62.5 Å². The highest BCUT2D eigenvalue weighted by molar-refractivity contribution is 7.47. The fraction of sp³-hybridized carbons (Fsp3) is 0.786.